The lowest BCUT2D eigenvalue weighted by Crippen LogP contribution is -2.47. The van der Waals surface area contributed by atoms with Crippen LogP contribution in [0.3, 0.4) is 0 Å². The van der Waals surface area contributed by atoms with E-state index in [1.54, 1.807) is 54.6 Å². The molecule has 0 saturated carbocycles. The van der Waals surface area contributed by atoms with E-state index in [9.17, 15) is 13.6 Å². The maximum Gasteiger partial charge on any atom is 0.285 e. The number of para-hydroxylation sites is 2. The normalized spacial score (nSPS) is 16.3. The first kappa shape index (κ1) is 23.9. The number of alkyl halides is 2. The highest BCUT2D eigenvalue weighted by atomic mass is 19.3. The fourth-order valence-electron chi connectivity index (χ4n) is 4.28. The summed E-state index contributed by atoms with van der Waals surface area (Å²) in [6.07, 6.45) is -2.82. The monoisotopic (exact) mass is 495 g/mol. The molecule has 36 heavy (non-hydrogen) atoms. The Labute approximate surface area is 207 Å². The Morgan fingerprint density at radius 3 is 2.36 bits per heavy atom. The van der Waals surface area contributed by atoms with Gasteiger partial charge in [-0.05, 0) is 24.3 Å². The van der Waals surface area contributed by atoms with Crippen LogP contribution < -0.4 is 26.6 Å². The standard InChI is InChI=1S/C25H27F2N7O2/c26-24(27)25(32-18-3-1-2-4-19(18)33-25)20-15-21(34-11-13-36-14-12-34)31-22(30-20)16-5-7-17(8-6-16)23(35)29-10-9-28/h1-8,15,24,32-33H,9-14,28H2,(H,29,35). The molecule has 11 heteroatoms. The Bertz CT molecular complexity index is 1210. The number of anilines is 3. The van der Waals surface area contributed by atoms with Crippen LogP contribution in [-0.2, 0) is 10.4 Å². The van der Waals surface area contributed by atoms with Gasteiger partial charge < -0.3 is 31.3 Å². The molecule has 2 aliphatic rings. The number of rotatable bonds is 7. The number of nitrogens with two attached hydrogens (primary N) is 1. The summed E-state index contributed by atoms with van der Waals surface area (Å²) in [7, 11) is 0. The molecule has 1 fully saturated rings. The second kappa shape index (κ2) is 10.0. The maximum absolute atomic E-state index is 14.7. The molecule has 5 rings (SSSR count). The summed E-state index contributed by atoms with van der Waals surface area (Å²) in [6, 6.07) is 15.4. The van der Waals surface area contributed by atoms with Gasteiger partial charge in [0.15, 0.2) is 5.82 Å². The predicted molar refractivity (Wildman–Crippen MR) is 133 cm³/mol. The van der Waals surface area contributed by atoms with Gasteiger partial charge in [0.25, 0.3) is 12.3 Å². The molecule has 3 aromatic rings. The number of morpholine rings is 1. The first-order chi connectivity index (χ1) is 17.5. The van der Waals surface area contributed by atoms with Gasteiger partial charge in [-0.2, -0.15) is 0 Å². The van der Waals surface area contributed by atoms with Gasteiger partial charge in [0, 0.05) is 43.4 Å². The summed E-state index contributed by atoms with van der Waals surface area (Å²) in [5, 5.41) is 8.64. The molecule has 2 aromatic carbocycles. The number of halogens is 2. The molecular formula is C25H27F2N7O2. The Morgan fingerprint density at radius 2 is 1.75 bits per heavy atom. The molecule has 3 heterocycles. The van der Waals surface area contributed by atoms with Crippen molar-refractivity contribution in [1.82, 2.24) is 15.3 Å². The minimum absolute atomic E-state index is 0.116. The number of carbonyl (C=O) groups excluding carboxylic acids is 1. The van der Waals surface area contributed by atoms with Crippen LogP contribution in [0, 0.1) is 0 Å². The number of carbonyl (C=O) groups is 1. The zero-order valence-corrected chi connectivity index (χ0v) is 19.5. The van der Waals surface area contributed by atoms with E-state index in [-0.39, 0.29) is 17.4 Å². The van der Waals surface area contributed by atoms with Crippen molar-refractivity contribution in [3.05, 3.63) is 65.9 Å². The van der Waals surface area contributed by atoms with Crippen molar-refractivity contribution in [1.29, 1.82) is 0 Å². The van der Waals surface area contributed by atoms with Crippen molar-refractivity contribution in [2.24, 2.45) is 5.73 Å². The lowest BCUT2D eigenvalue weighted by molar-refractivity contribution is 0.0795. The number of aromatic nitrogens is 2. The van der Waals surface area contributed by atoms with E-state index in [2.05, 4.69) is 20.9 Å². The molecule has 0 unspecified atom stereocenters. The third-order valence-corrected chi connectivity index (χ3v) is 6.20. The van der Waals surface area contributed by atoms with Crippen LogP contribution in [0.1, 0.15) is 16.1 Å². The lowest BCUT2D eigenvalue weighted by atomic mass is 10.1. The van der Waals surface area contributed by atoms with Gasteiger partial charge in [0.05, 0.1) is 30.3 Å². The van der Waals surface area contributed by atoms with Crippen molar-refractivity contribution in [2.45, 2.75) is 12.1 Å². The summed E-state index contributed by atoms with van der Waals surface area (Å²) < 4.78 is 34.9. The quantitative estimate of drug-likeness (QED) is 0.395. The molecule has 0 bridgehead atoms. The van der Waals surface area contributed by atoms with Gasteiger partial charge in [-0.1, -0.05) is 24.3 Å². The molecule has 2 aliphatic heterocycles. The first-order valence-corrected chi connectivity index (χ1v) is 11.7. The van der Waals surface area contributed by atoms with Gasteiger partial charge in [-0.15, -0.1) is 0 Å². The number of fused-ring (bicyclic) bond motifs is 1. The van der Waals surface area contributed by atoms with Gasteiger partial charge in [0.1, 0.15) is 5.82 Å². The van der Waals surface area contributed by atoms with E-state index < -0.39 is 12.1 Å². The molecule has 0 spiro atoms. The number of nitrogens with one attached hydrogen (secondary N) is 3. The average Bonchev–Trinajstić information content (AvgIpc) is 3.33. The zero-order chi connectivity index (χ0) is 25.1. The van der Waals surface area contributed by atoms with Gasteiger partial charge in [0.2, 0.25) is 5.66 Å². The largest absolute Gasteiger partial charge is 0.378 e. The number of amides is 1. The molecule has 1 saturated heterocycles. The summed E-state index contributed by atoms with van der Waals surface area (Å²) in [5.74, 6) is 0.564. The third kappa shape index (κ3) is 4.54. The Balaban J connectivity index is 1.56. The number of benzene rings is 2. The predicted octanol–water partition coefficient (Wildman–Crippen LogP) is 2.62. The summed E-state index contributed by atoms with van der Waals surface area (Å²) in [6.45, 7) is 2.91. The van der Waals surface area contributed by atoms with Gasteiger partial charge in [-0.25, -0.2) is 18.7 Å². The second-order valence-corrected chi connectivity index (χ2v) is 8.56. The van der Waals surface area contributed by atoms with Crippen molar-refractivity contribution < 1.29 is 18.3 Å². The summed E-state index contributed by atoms with van der Waals surface area (Å²) in [5.41, 5.74) is 5.83. The van der Waals surface area contributed by atoms with E-state index >= 15 is 0 Å². The molecule has 0 aliphatic carbocycles. The number of ether oxygens (including phenoxy) is 1. The molecule has 188 valence electrons. The minimum atomic E-state index is -2.82. The first-order valence-electron chi connectivity index (χ1n) is 11.7. The fraction of sp³-hybridized carbons (Fsp3) is 0.320. The van der Waals surface area contributed by atoms with Crippen LogP contribution in [0.4, 0.5) is 26.0 Å². The van der Waals surface area contributed by atoms with E-state index in [0.29, 0.717) is 67.7 Å². The van der Waals surface area contributed by atoms with Gasteiger partial charge in [-0.3, -0.25) is 4.79 Å². The summed E-state index contributed by atoms with van der Waals surface area (Å²) in [4.78, 5) is 23.5. The molecular weight excluding hydrogens is 468 g/mol. The van der Waals surface area contributed by atoms with Crippen LogP contribution >= 0.6 is 0 Å². The third-order valence-electron chi connectivity index (χ3n) is 6.20. The van der Waals surface area contributed by atoms with E-state index in [4.69, 9.17) is 15.5 Å². The van der Waals surface area contributed by atoms with Crippen molar-refractivity contribution >= 4 is 23.1 Å². The van der Waals surface area contributed by atoms with Crippen LogP contribution in [0.25, 0.3) is 11.4 Å². The molecule has 0 radical (unpaired) electrons. The zero-order valence-electron chi connectivity index (χ0n) is 19.5. The molecule has 9 nitrogen and oxygen atoms in total. The highest BCUT2D eigenvalue weighted by Crippen LogP contribution is 2.43. The SMILES string of the molecule is NCCNC(=O)c1ccc(-c2nc(N3CCOCC3)cc(C3(C(F)F)Nc4ccccc4N3)n2)cc1. The number of hydrogen-bond acceptors (Lipinski definition) is 8. The van der Waals surface area contributed by atoms with Crippen molar-refractivity contribution in [3.8, 4) is 11.4 Å². The fourth-order valence-corrected chi connectivity index (χ4v) is 4.28. The van der Waals surface area contributed by atoms with E-state index in [1.165, 1.54) is 0 Å². The van der Waals surface area contributed by atoms with E-state index in [0.717, 1.165) is 0 Å². The Morgan fingerprint density at radius 1 is 1.08 bits per heavy atom. The summed E-state index contributed by atoms with van der Waals surface area (Å²) >= 11 is 0. The molecule has 1 amide bonds. The second-order valence-electron chi connectivity index (χ2n) is 8.56. The van der Waals surface area contributed by atoms with Crippen LogP contribution in [0.15, 0.2) is 54.6 Å². The number of hydrogen-bond donors (Lipinski definition) is 4. The Hall–Kier alpha value is -3.83. The molecule has 0 atom stereocenters. The Kier molecular flexibility index (Phi) is 6.66. The van der Waals surface area contributed by atoms with Gasteiger partial charge >= 0.3 is 0 Å². The van der Waals surface area contributed by atoms with E-state index in [1.807, 2.05) is 4.90 Å². The van der Waals surface area contributed by atoms with Crippen LogP contribution in [0.5, 0.6) is 0 Å². The smallest absolute Gasteiger partial charge is 0.285 e. The topological polar surface area (TPSA) is 117 Å². The van der Waals surface area contributed by atoms with Crippen molar-refractivity contribution in [3.63, 3.8) is 0 Å². The molecule has 1 aromatic heterocycles. The highest BCUT2D eigenvalue weighted by molar-refractivity contribution is 5.94. The van der Waals surface area contributed by atoms with Crippen LogP contribution in [-0.4, -0.2) is 61.7 Å². The van der Waals surface area contributed by atoms with Crippen LogP contribution in [0.2, 0.25) is 0 Å². The highest BCUT2D eigenvalue weighted by Gasteiger charge is 2.48. The van der Waals surface area contributed by atoms with Crippen molar-refractivity contribution in [2.75, 3.05) is 54.9 Å². The maximum atomic E-state index is 14.7. The molecule has 5 N–H and O–H groups in total. The lowest BCUT2D eigenvalue weighted by Gasteiger charge is -2.32. The average molecular weight is 496 g/mol. The number of nitrogens with zero attached hydrogens (tertiary/aromatic N) is 3. The minimum Gasteiger partial charge on any atom is -0.378 e.